The van der Waals surface area contributed by atoms with E-state index >= 15 is 0 Å². The van der Waals surface area contributed by atoms with Crippen LogP contribution >= 0.6 is 0 Å². The highest BCUT2D eigenvalue weighted by atomic mass is 28.3. The normalized spacial score (nSPS) is 12.1. The number of nitrogens with zero attached hydrogens (tertiary/aromatic N) is 3. The zero-order valence-electron chi connectivity index (χ0n) is 35.0. The Morgan fingerprint density at radius 3 is 1.09 bits per heavy atom. The van der Waals surface area contributed by atoms with Crippen LogP contribution in [0.1, 0.15) is 0 Å². The molecule has 300 valence electrons. The average Bonchev–Trinajstić information content (AvgIpc) is 4.00. The van der Waals surface area contributed by atoms with E-state index in [2.05, 4.69) is 262 Å². The van der Waals surface area contributed by atoms with Gasteiger partial charge in [-0.15, -0.1) is 0 Å². The Labute approximate surface area is 372 Å². The van der Waals surface area contributed by atoms with Crippen molar-refractivity contribution in [2.24, 2.45) is 0 Å². The number of hydrogen-bond donors (Lipinski definition) is 0. The average molecular weight is 832 g/mol. The van der Waals surface area contributed by atoms with Gasteiger partial charge in [0.15, 0.2) is 8.07 Å². The summed E-state index contributed by atoms with van der Waals surface area (Å²) in [5.74, 6) is 0. The first-order valence-corrected chi connectivity index (χ1v) is 24.1. The number of aromatic nitrogens is 3. The third-order valence-corrected chi connectivity index (χ3v) is 18.4. The molecule has 0 fully saturated rings. The molecule has 0 aliphatic heterocycles. The van der Waals surface area contributed by atoms with Crippen LogP contribution in [0.4, 0.5) is 0 Å². The largest absolute Gasteiger partial charge is 0.309 e. The van der Waals surface area contributed by atoms with Crippen LogP contribution < -0.4 is 20.7 Å². The standard InChI is InChI=1S/C60H41N3Si/c1-5-20-42(21-6-1)61-55-33-18-15-30-50(55)60-56(61)34-19-35-59(60)64(45-24-9-3-10-25-45,46-26-11-4-12-27-46)47-38-36-44(37-39-47)63-54-32-17-14-29-49(54)52-40-57-51(41-58(52)63)48-28-13-16-31-53(48)62(57)43-22-7-2-8-23-43/h1-41H. The summed E-state index contributed by atoms with van der Waals surface area (Å²) in [6.07, 6.45) is 0. The number of benzene rings is 10. The van der Waals surface area contributed by atoms with Gasteiger partial charge in [-0.1, -0.05) is 176 Å². The molecule has 0 saturated carbocycles. The number of para-hydroxylation sites is 5. The Morgan fingerprint density at radius 1 is 0.234 bits per heavy atom. The summed E-state index contributed by atoms with van der Waals surface area (Å²) in [4.78, 5) is 0. The topological polar surface area (TPSA) is 14.8 Å². The Bertz CT molecular complexity index is 3830. The molecule has 0 unspecified atom stereocenters. The first kappa shape index (κ1) is 36.5. The molecule has 0 saturated heterocycles. The van der Waals surface area contributed by atoms with Gasteiger partial charge in [-0.25, -0.2) is 0 Å². The molecular formula is C60H41N3Si. The van der Waals surface area contributed by atoms with Gasteiger partial charge in [0.05, 0.1) is 33.1 Å². The van der Waals surface area contributed by atoms with E-state index in [1.54, 1.807) is 0 Å². The van der Waals surface area contributed by atoms with Gasteiger partial charge in [0.25, 0.3) is 0 Å². The lowest BCUT2D eigenvalue weighted by Crippen LogP contribution is -2.74. The molecule has 64 heavy (non-hydrogen) atoms. The second kappa shape index (κ2) is 14.5. The van der Waals surface area contributed by atoms with Crippen molar-refractivity contribution in [3.05, 3.63) is 249 Å². The summed E-state index contributed by atoms with van der Waals surface area (Å²) in [6, 6.07) is 92.3. The summed E-state index contributed by atoms with van der Waals surface area (Å²) in [5, 5.41) is 13.0. The van der Waals surface area contributed by atoms with Crippen molar-refractivity contribution in [3.8, 4) is 17.1 Å². The van der Waals surface area contributed by atoms with E-state index in [0.717, 1.165) is 17.1 Å². The number of fused-ring (bicyclic) bond motifs is 9. The van der Waals surface area contributed by atoms with E-state index in [-0.39, 0.29) is 0 Å². The molecule has 13 rings (SSSR count). The molecular weight excluding hydrogens is 791 g/mol. The lowest BCUT2D eigenvalue weighted by atomic mass is 10.1. The van der Waals surface area contributed by atoms with Crippen LogP contribution in [0.2, 0.25) is 0 Å². The molecule has 3 heterocycles. The van der Waals surface area contributed by atoms with E-state index in [1.165, 1.54) is 86.2 Å². The summed E-state index contributed by atoms with van der Waals surface area (Å²) >= 11 is 0. The van der Waals surface area contributed by atoms with Gasteiger partial charge in [0.1, 0.15) is 0 Å². The van der Waals surface area contributed by atoms with E-state index in [0.29, 0.717) is 0 Å². The molecule has 4 heteroatoms. The van der Waals surface area contributed by atoms with E-state index < -0.39 is 8.07 Å². The predicted molar refractivity (Wildman–Crippen MR) is 273 cm³/mol. The SMILES string of the molecule is c1ccc(-n2c3ccccc3c3cc4c(cc32)c2ccccc2n4-c2ccc([Si](c3ccccc3)(c3ccccc3)c3cccc4c3c3ccccc3n4-c3ccccc3)cc2)cc1. The van der Waals surface area contributed by atoms with Crippen molar-refractivity contribution in [3.63, 3.8) is 0 Å². The minimum atomic E-state index is -3.01. The summed E-state index contributed by atoms with van der Waals surface area (Å²) < 4.78 is 7.34. The van der Waals surface area contributed by atoms with Crippen LogP contribution in [0.5, 0.6) is 0 Å². The predicted octanol–water partition coefficient (Wildman–Crippen LogP) is 12.4. The highest BCUT2D eigenvalue weighted by Gasteiger charge is 2.43. The maximum absolute atomic E-state index is 3.01. The number of rotatable bonds is 7. The highest BCUT2D eigenvalue weighted by Crippen LogP contribution is 2.40. The molecule has 0 radical (unpaired) electrons. The van der Waals surface area contributed by atoms with Crippen molar-refractivity contribution in [1.82, 2.24) is 13.7 Å². The molecule has 0 bridgehead atoms. The van der Waals surface area contributed by atoms with Gasteiger partial charge in [0, 0.05) is 49.4 Å². The lowest BCUT2D eigenvalue weighted by molar-refractivity contribution is 1.17. The van der Waals surface area contributed by atoms with E-state index in [9.17, 15) is 0 Å². The van der Waals surface area contributed by atoms with Crippen LogP contribution in [0, 0.1) is 0 Å². The summed E-state index contributed by atoms with van der Waals surface area (Å²) in [5.41, 5.74) is 10.7. The van der Waals surface area contributed by atoms with Gasteiger partial charge < -0.3 is 13.7 Å². The fraction of sp³-hybridized carbons (Fsp3) is 0. The molecule has 10 aromatic carbocycles. The van der Waals surface area contributed by atoms with Crippen molar-refractivity contribution >= 4 is 94.2 Å². The number of hydrogen-bond acceptors (Lipinski definition) is 0. The summed E-state index contributed by atoms with van der Waals surface area (Å²) in [6.45, 7) is 0. The Kier molecular flexibility index (Phi) is 8.23. The van der Waals surface area contributed by atoms with Crippen molar-refractivity contribution < 1.29 is 0 Å². The molecule has 3 nitrogen and oxygen atoms in total. The molecule has 0 spiro atoms. The molecule has 3 aromatic heterocycles. The lowest BCUT2D eigenvalue weighted by Gasteiger charge is -2.35. The van der Waals surface area contributed by atoms with Crippen LogP contribution in [0.3, 0.4) is 0 Å². The molecule has 0 aliphatic carbocycles. The quantitative estimate of drug-likeness (QED) is 0.112. The minimum absolute atomic E-state index is 1.14. The minimum Gasteiger partial charge on any atom is -0.309 e. The van der Waals surface area contributed by atoms with Crippen LogP contribution in [0.15, 0.2) is 249 Å². The third kappa shape index (κ3) is 5.27. The molecule has 0 amide bonds. The van der Waals surface area contributed by atoms with Crippen molar-refractivity contribution in [2.75, 3.05) is 0 Å². The fourth-order valence-corrected chi connectivity index (χ4v) is 15.9. The van der Waals surface area contributed by atoms with Crippen LogP contribution in [-0.2, 0) is 0 Å². The highest BCUT2D eigenvalue weighted by molar-refractivity contribution is 7.20. The first-order chi connectivity index (χ1) is 31.8. The third-order valence-electron chi connectivity index (χ3n) is 13.6. The second-order valence-electron chi connectivity index (χ2n) is 16.8. The molecule has 13 aromatic rings. The molecule has 0 aliphatic rings. The maximum atomic E-state index is 2.48. The van der Waals surface area contributed by atoms with Gasteiger partial charge in [-0.2, -0.15) is 0 Å². The fourth-order valence-electron chi connectivity index (χ4n) is 11.0. The van der Waals surface area contributed by atoms with E-state index in [4.69, 9.17) is 0 Å². The van der Waals surface area contributed by atoms with Gasteiger partial charge >= 0.3 is 0 Å². The van der Waals surface area contributed by atoms with Gasteiger partial charge in [0.2, 0.25) is 0 Å². The zero-order chi connectivity index (χ0) is 42.2. The smallest absolute Gasteiger partial charge is 0.180 e. The van der Waals surface area contributed by atoms with Crippen molar-refractivity contribution in [1.29, 1.82) is 0 Å². The first-order valence-electron chi connectivity index (χ1n) is 22.1. The maximum Gasteiger partial charge on any atom is 0.180 e. The second-order valence-corrected chi connectivity index (χ2v) is 20.6. The molecule has 0 atom stereocenters. The summed E-state index contributed by atoms with van der Waals surface area (Å²) in [7, 11) is -3.01. The van der Waals surface area contributed by atoms with Crippen LogP contribution in [0.25, 0.3) is 82.5 Å². The van der Waals surface area contributed by atoms with E-state index in [1.807, 2.05) is 0 Å². The van der Waals surface area contributed by atoms with Gasteiger partial charge in [-0.05, 0) is 93.5 Å². The Morgan fingerprint density at radius 2 is 0.594 bits per heavy atom. The van der Waals surface area contributed by atoms with Crippen molar-refractivity contribution in [2.45, 2.75) is 0 Å². The van der Waals surface area contributed by atoms with Gasteiger partial charge in [-0.3, -0.25) is 0 Å². The zero-order valence-corrected chi connectivity index (χ0v) is 36.0. The Balaban J connectivity index is 1.09. The van der Waals surface area contributed by atoms with Crippen LogP contribution in [-0.4, -0.2) is 21.8 Å². The Hall–Kier alpha value is -8.18. The monoisotopic (exact) mass is 831 g/mol. The molecule has 0 N–H and O–H groups in total.